The molecule has 0 spiro atoms. The third-order valence-electron chi connectivity index (χ3n) is 6.63. The fourth-order valence-electron chi connectivity index (χ4n) is 5.07. The van der Waals surface area contributed by atoms with Crippen LogP contribution in [0.25, 0.3) is 10.9 Å². The van der Waals surface area contributed by atoms with E-state index >= 15 is 0 Å². The molecule has 1 aromatic heterocycles. The molecule has 34 heavy (non-hydrogen) atoms. The van der Waals surface area contributed by atoms with Crippen LogP contribution >= 0.6 is 0 Å². The SMILES string of the molecule is C[C@H]1Cc2c([nH]c3ccccc23)[C@H](c2ccc(N3CCOCC3)cc2)N1C(=O)/C=C/C(F)(F)F. The minimum absolute atomic E-state index is 0.0152. The highest BCUT2D eigenvalue weighted by Crippen LogP contribution is 2.41. The van der Waals surface area contributed by atoms with E-state index in [2.05, 4.69) is 9.88 Å². The Kier molecular flexibility index (Phi) is 5.85. The van der Waals surface area contributed by atoms with E-state index in [0.717, 1.165) is 46.5 Å². The Morgan fingerprint density at radius 3 is 2.50 bits per heavy atom. The summed E-state index contributed by atoms with van der Waals surface area (Å²) >= 11 is 0. The van der Waals surface area contributed by atoms with Crippen molar-refractivity contribution in [3.8, 4) is 0 Å². The van der Waals surface area contributed by atoms with Gasteiger partial charge in [0, 0.05) is 53.6 Å². The highest BCUT2D eigenvalue weighted by atomic mass is 19.4. The Labute approximate surface area is 195 Å². The molecule has 1 fully saturated rings. The van der Waals surface area contributed by atoms with Crippen LogP contribution in [-0.2, 0) is 16.0 Å². The Hall–Kier alpha value is -3.26. The number of alkyl halides is 3. The molecule has 0 radical (unpaired) electrons. The summed E-state index contributed by atoms with van der Waals surface area (Å²) in [6.07, 6.45) is -3.33. The van der Waals surface area contributed by atoms with Gasteiger partial charge in [-0.2, -0.15) is 13.2 Å². The predicted molar refractivity (Wildman–Crippen MR) is 125 cm³/mol. The normalized spacial score (nSPS) is 21.3. The summed E-state index contributed by atoms with van der Waals surface area (Å²) in [5.41, 5.74) is 4.82. The molecule has 5 nitrogen and oxygen atoms in total. The van der Waals surface area contributed by atoms with E-state index in [-0.39, 0.29) is 12.1 Å². The predicted octanol–water partition coefficient (Wildman–Crippen LogP) is 4.99. The van der Waals surface area contributed by atoms with Gasteiger partial charge in [-0.3, -0.25) is 4.79 Å². The van der Waals surface area contributed by atoms with E-state index in [1.807, 2.05) is 55.5 Å². The van der Waals surface area contributed by atoms with Crippen LogP contribution < -0.4 is 4.90 Å². The van der Waals surface area contributed by atoms with Gasteiger partial charge in [0.1, 0.15) is 0 Å². The zero-order valence-corrected chi connectivity index (χ0v) is 18.8. The number of allylic oxidation sites excluding steroid dienone is 1. The highest BCUT2D eigenvalue weighted by molar-refractivity contribution is 5.91. The maximum absolute atomic E-state index is 13.1. The van der Waals surface area contributed by atoms with Crippen molar-refractivity contribution < 1.29 is 22.7 Å². The molecule has 1 amide bonds. The second-order valence-corrected chi connectivity index (χ2v) is 8.83. The molecule has 3 aromatic rings. The third-order valence-corrected chi connectivity index (χ3v) is 6.63. The zero-order valence-electron chi connectivity index (χ0n) is 18.8. The number of H-pyrrole nitrogens is 1. The summed E-state index contributed by atoms with van der Waals surface area (Å²) in [5.74, 6) is -0.656. The Balaban J connectivity index is 1.57. The number of para-hydroxylation sites is 1. The number of morpholine rings is 1. The van der Waals surface area contributed by atoms with Gasteiger partial charge in [0.2, 0.25) is 5.91 Å². The van der Waals surface area contributed by atoms with Crippen LogP contribution in [0.4, 0.5) is 18.9 Å². The lowest BCUT2D eigenvalue weighted by Gasteiger charge is -2.40. The lowest BCUT2D eigenvalue weighted by Crippen LogP contribution is -2.45. The van der Waals surface area contributed by atoms with Crippen molar-refractivity contribution in [1.29, 1.82) is 0 Å². The molecule has 0 unspecified atom stereocenters. The third kappa shape index (κ3) is 4.30. The molecule has 2 aromatic carbocycles. The zero-order chi connectivity index (χ0) is 23.9. The maximum Gasteiger partial charge on any atom is 0.409 e. The molecular weight excluding hydrogens is 443 g/mol. The first-order valence-electron chi connectivity index (χ1n) is 11.4. The van der Waals surface area contributed by atoms with Crippen molar-refractivity contribution in [1.82, 2.24) is 9.88 Å². The summed E-state index contributed by atoms with van der Waals surface area (Å²) in [6, 6.07) is 15.1. The molecule has 5 rings (SSSR count). The lowest BCUT2D eigenvalue weighted by molar-refractivity contribution is -0.131. The number of carbonyl (C=O) groups is 1. The highest BCUT2D eigenvalue weighted by Gasteiger charge is 2.38. The molecule has 2 atom stereocenters. The molecular formula is C26H26F3N3O2. The van der Waals surface area contributed by atoms with Gasteiger partial charge in [0.15, 0.2) is 0 Å². The van der Waals surface area contributed by atoms with Crippen molar-refractivity contribution in [2.45, 2.75) is 31.6 Å². The molecule has 8 heteroatoms. The average molecular weight is 470 g/mol. The summed E-state index contributed by atoms with van der Waals surface area (Å²) in [7, 11) is 0. The number of amides is 1. The van der Waals surface area contributed by atoms with Crippen molar-refractivity contribution >= 4 is 22.5 Å². The Morgan fingerprint density at radius 2 is 1.79 bits per heavy atom. The smallest absolute Gasteiger partial charge is 0.378 e. The van der Waals surface area contributed by atoms with Crippen LogP contribution in [0.5, 0.6) is 0 Å². The van der Waals surface area contributed by atoms with Crippen molar-refractivity contribution in [3.05, 3.63) is 77.5 Å². The molecule has 0 bridgehead atoms. The molecule has 3 heterocycles. The number of anilines is 1. The first-order valence-corrected chi connectivity index (χ1v) is 11.4. The largest absolute Gasteiger partial charge is 0.409 e. The molecule has 2 aliphatic rings. The minimum Gasteiger partial charge on any atom is -0.378 e. The second-order valence-electron chi connectivity index (χ2n) is 8.83. The molecule has 2 aliphatic heterocycles. The van der Waals surface area contributed by atoms with Crippen molar-refractivity contribution in [2.75, 3.05) is 31.2 Å². The van der Waals surface area contributed by atoms with E-state index < -0.39 is 18.1 Å². The molecule has 1 N–H and O–H groups in total. The first-order chi connectivity index (χ1) is 16.3. The number of nitrogens with one attached hydrogen (secondary N) is 1. The van der Waals surface area contributed by atoms with E-state index in [4.69, 9.17) is 4.74 Å². The van der Waals surface area contributed by atoms with Gasteiger partial charge in [-0.15, -0.1) is 0 Å². The van der Waals surface area contributed by atoms with Crippen molar-refractivity contribution in [2.24, 2.45) is 0 Å². The summed E-state index contributed by atoms with van der Waals surface area (Å²) in [5, 5.41) is 1.08. The van der Waals surface area contributed by atoms with E-state index in [1.54, 1.807) is 4.90 Å². The van der Waals surface area contributed by atoms with Crippen LogP contribution in [0.3, 0.4) is 0 Å². The van der Waals surface area contributed by atoms with Crippen LogP contribution in [0.15, 0.2) is 60.7 Å². The van der Waals surface area contributed by atoms with Gasteiger partial charge in [0.05, 0.1) is 19.3 Å². The quantitative estimate of drug-likeness (QED) is 0.550. The number of nitrogens with zero attached hydrogens (tertiary/aromatic N) is 2. The number of aromatic amines is 1. The fraction of sp³-hybridized carbons (Fsp3) is 0.346. The van der Waals surface area contributed by atoms with E-state index in [9.17, 15) is 18.0 Å². The standard InChI is InChI=1S/C26H26F3N3O2/c1-17-16-21-20-4-2-3-5-22(20)30-24(21)25(32(17)23(33)10-11-26(27,28)29)18-6-8-19(9-7-18)31-12-14-34-15-13-31/h2-11,17,25,30H,12-16H2,1H3/b11-10+/t17-,25-/m0/s1. The number of halogens is 3. The van der Waals surface area contributed by atoms with Crippen LogP contribution in [0.2, 0.25) is 0 Å². The minimum atomic E-state index is -4.55. The number of hydrogen-bond donors (Lipinski definition) is 1. The number of fused-ring (bicyclic) bond motifs is 3. The molecule has 1 saturated heterocycles. The number of carbonyl (C=O) groups excluding carboxylic acids is 1. The van der Waals surface area contributed by atoms with Crippen LogP contribution in [0, 0.1) is 0 Å². The number of rotatable bonds is 3. The lowest BCUT2D eigenvalue weighted by atomic mass is 9.88. The van der Waals surface area contributed by atoms with Crippen molar-refractivity contribution in [3.63, 3.8) is 0 Å². The number of aromatic nitrogens is 1. The van der Waals surface area contributed by atoms with E-state index in [1.165, 1.54) is 0 Å². The van der Waals surface area contributed by atoms with Gasteiger partial charge in [-0.25, -0.2) is 0 Å². The van der Waals surface area contributed by atoms with Gasteiger partial charge >= 0.3 is 6.18 Å². The summed E-state index contributed by atoms with van der Waals surface area (Å²) in [6.45, 7) is 4.85. The van der Waals surface area contributed by atoms with Crippen LogP contribution in [-0.4, -0.2) is 54.3 Å². The second kappa shape index (κ2) is 8.83. The Bertz CT molecular complexity index is 1210. The Morgan fingerprint density at radius 1 is 1.09 bits per heavy atom. The average Bonchev–Trinajstić information content (AvgIpc) is 3.20. The topological polar surface area (TPSA) is 48.6 Å². The fourth-order valence-corrected chi connectivity index (χ4v) is 5.07. The number of benzene rings is 2. The molecule has 0 aliphatic carbocycles. The van der Waals surface area contributed by atoms with Gasteiger partial charge < -0.3 is 19.5 Å². The summed E-state index contributed by atoms with van der Waals surface area (Å²) in [4.78, 5) is 20.3. The van der Waals surface area contributed by atoms with E-state index in [0.29, 0.717) is 25.7 Å². The number of hydrogen-bond acceptors (Lipinski definition) is 3. The summed E-state index contributed by atoms with van der Waals surface area (Å²) < 4.78 is 43.9. The van der Waals surface area contributed by atoms with Gasteiger partial charge in [0.25, 0.3) is 0 Å². The maximum atomic E-state index is 13.1. The number of ether oxygens (including phenoxy) is 1. The van der Waals surface area contributed by atoms with Gasteiger partial charge in [-0.1, -0.05) is 30.3 Å². The first kappa shape index (κ1) is 22.5. The van der Waals surface area contributed by atoms with Gasteiger partial charge in [-0.05, 0) is 42.7 Å². The molecule has 178 valence electrons. The monoisotopic (exact) mass is 469 g/mol. The molecule has 0 saturated carbocycles. The van der Waals surface area contributed by atoms with Crippen LogP contribution in [0.1, 0.15) is 29.8 Å².